The maximum Gasteiger partial charge on any atom is 0.185 e. The van der Waals surface area contributed by atoms with Crippen molar-refractivity contribution in [1.29, 1.82) is 0 Å². The van der Waals surface area contributed by atoms with E-state index in [1.54, 1.807) is 0 Å². The predicted octanol–water partition coefficient (Wildman–Crippen LogP) is 1.14. The average Bonchev–Trinajstić information content (AvgIpc) is 2.09. The lowest BCUT2D eigenvalue weighted by Gasteiger charge is -2.07. The van der Waals surface area contributed by atoms with Crippen LogP contribution in [0.25, 0.3) is 0 Å². The van der Waals surface area contributed by atoms with Crippen molar-refractivity contribution in [2.75, 3.05) is 5.32 Å². The third-order valence-electron chi connectivity index (χ3n) is 1.28. The Hall–Kier alpha value is -0.780. The van der Waals surface area contributed by atoms with Gasteiger partial charge in [0.15, 0.2) is 5.11 Å². The highest BCUT2D eigenvalue weighted by Gasteiger charge is 1.97. The highest BCUT2D eigenvalue weighted by atomic mass is 32.1. The minimum atomic E-state index is 0.372. The topological polar surface area (TPSA) is 50.1 Å². The first-order valence-corrected chi connectivity index (χ1v) is 4.15. The highest BCUT2D eigenvalue weighted by molar-refractivity contribution is 7.81. The fraction of sp³-hybridized carbons (Fsp3) is 0. The van der Waals surface area contributed by atoms with Gasteiger partial charge in [0, 0.05) is 4.90 Å². The minimum absolute atomic E-state index is 0.372. The number of nitrogens with two attached hydrogens (primary N) is 1. The van der Waals surface area contributed by atoms with Gasteiger partial charge in [-0.05, 0) is 24.4 Å². The Bertz CT molecular complexity index is 288. The van der Waals surface area contributed by atoms with Crippen LogP contribution in [0.4, 0.5) is 5.69 Å². The molecule has 3 nitrogen and oxygen atoms in total. The SMILES string of the molecule is NNC(=S)Nc1ccccc1S. The molecule has 0 atom stereocenters. The Labute approximate surface area is 81.7 Å². The normalized spacial score (nSPS) is 9.17. The van der Waals surface area contributed by atoms with Crippen LogP contribution in [-0.4, -0.2) is 5.11 Å². The van der Waals surface area contributed by atoms with Crippen LogP contribution < -0.4 is 16.6 Å². The van der Waals surface area contributed by atoms with Crippen LogP contribution in [0.3, 0.4) is 0 Å². The summed E-state index contributed by atoms with van der Waals surface area (Å²) in [4.78, 5) is 0.829. The number of para-hydroxylation sites is 1. The maximum absolute atomic E-state index is 5.09. The fourth-order valence-corrected chi connectivity index (χ4v) is 1.06. The molecule has 0 aliphatic heterocycles. The zero-order valence-corrected chi connectivity index (χ0v) is 7.95. The molecule has 4 N–H and O–H groups in total. The molecule has 1 aromatic carbocycles. The van der Waals surface area contributed by atoms with Gasteiger partial charge in [-0.1, -0.05) is 12.1 Å². The molecular formula is C7H9N3S2. The molecule has 0 amide bonds. The van der Waals surface area contributed by atoms with Crippen molar-refractivity contribution in [3.05, 3.63) is 24.3 Å². The zero-order chi connectivity index (χ0) is 8.97. The summed E-state index contributed by atoms with van der Waals surface area (Å²) in [6.45, 7) is 0. The molecule has 0 aliphatic carbocycles. The first kappa shape index (κ1) is 9.31. The number of benzene rings is 1. The van der Waals surface area contributed by atoms with Crippen LogP contribution >= 0.6 is 24.8 Å². The molecule has 0 spiro atoms. The summed E-state index contributed by atoms with van der Waals surface area (Å²) in [5.74, 6) is 5.09. The molecular weight excluding hydrogens is 190 g/mol. The smallest absolute Gasteiger partial charge is 0.185 e. The zero-order valence-electron chi connectivity index (χ0n) is 6.24. The van der Waals surface area contributed by atoms with Crippen LogP contribution in [-0.2, 0) is 0 Å². The van der Waals surface area contributed by atoms with E-state index < -0.39 is 0 Å². The highest BCUT2D eigenvalue weighted by Crippen LogP contribution is 2.17. The molecule has 1 aromatic rings. The molecule has 1 rings (SSSR count). The van der Waals surface area contributed by atoms with E-state index in [0.717, 1.165) is 10.6 Å². The van der Waals surface area contributed by atoms with Crippen molar-refractivity contribution in [3.8, 4) is 0 Å². The van der Waals surface area contributed by atoms with Gasteiger partial charge < -0.3 is 10.7 Å². The quantitative estimate of drug-likeness (QED) is 0.237. The Kier molecular flexibility index (Phi) is 3.33. The number of hydrazine groups is 1. The molecule has 0 fully saturated rings. The largest absolute Gasteiger partial charge is 0.331 e. The molecule has 0 bridgehead atoms. The minimum Gasteiger partial charge on any atom is -0.331 e. The van der Waals surface area contributed by atoms with Crippen LogP contribution in [0.2, 0.25) is 0 Å². The lowest BCUT2D eigenvalue weighted by molar-refractivity contribution is 1.04. The number of anilines is 1. The van der Waals surface area contributed by atoms with E-state index in [2.05, 4.69) is 23.4 Å². The van der Waals surface area contributed by atoms with Crippen LogP contribution in [0.15, 0.2) is 29.2 Å². The molecule has 0 saturated heterocycles. The lowest BCUT2D eigenvalue weighted by atomic mass is 10.3. The van der Waals surface area contributed by atoms with Crippen LogP contribution in [0, 0.1) is 0 Å². The van der Waals surface area contributed by atoms with Gasteiger partial charge in [0.25, 0.3) is 0 Å². The third-order valence-corrected chi connectivity index (χ3v) is 1.89. The lowest BCUT2D eigenvalue weighted by Crippen LogP contribution is -2.34. The molecule has 5 heteroatoms. The van der Waals surface area contributed by atoms with Gasteiger partial charge in [-0.15, -0.1) is 12.6 Å². The second-order valence-electron chi connectivity index (χ2n) is 2.12. The van der Waals surface area contributed by atoms with Crippen molar-refractivity contribution in [2.45, 2.75) is 4.90 Å². The van der Waals surface area contributed by atoms with Gasteiger partial charge in [-0.3, -0.25) is 0 Å². The van der Waals surface area contributed by atoms with Gasteiger partial charge in [0.2, 0.25) is 0 Å². The number of rotatable bonds is 1. The number of thiol groups is 1. The van der Waals surface area contributed by atoms with Crippen LogP contribution in [0.1, 0.15) is 0 Å². The number of hydrogen-bond donors (Lipinski definition) is 4. The standard InChI is InChI=1S/C7H9N3S2/c8-10-7(12)9-5-3-1-2-4-6(5)11/h1-4,11H,8H2,(H2,9,10,12). The van der Waals surface area contributed by atoms with Crippen molar-refractivity contribution >= 4 is 35.6 Å². The Morgan fingerprint density at radius 3 is 2.67 bits per heavy atom. The van der Waals surface area contributed by atoms with E-state index in [9.17, 15) is 0 Å². The van der Waals surface area contributed by atoms with Gasteiger partial charge in [-0.25, -0.2) is 5.84 Å². The number of nitrogens with one attached hydrogen (secondary N) is 2. The van der Waals surface area contributed by atoms with Gasteiger partial charge in [-0.2, -0.15) is 0 Å². The van der Waals surface area contributed by atoms with Gasteiger partial charge in [0.1, 0.15) is 0 Å². The number of hydrogen-bond acceptors (Lipinski definition) is 3. The van der Waals surface area contributed by atoms with E-state index in [1.807, 2.05) is 24.3 Å². The monoisotopic (exact) mass is 199 g/mol. The summed E-state index contributed by atoms with van der Waals surface area (Å²) >= 11 is 9.04. The second kappa shape index (κ2) is 4.30. The van der Waals surface area contributed by atoms with E-state index in [0.29, 0.717) is 5.11 Å². The molecule has 0 aliphatic rings. The summed E-state index contributed by atoms with van der Waals surface area (Å²) in [5.41, 5.74) is 3.16. The van der Waals surface area contributed by atoms with Gasteiger partial charge >= 0.3 is 0 Å². The molecule has 0 saturated carbocycles. The summed E-state index contributed by atoms with van der Waals surface area (Å²) < 4.78 is 0. The predicted molar refractivity (Wildman–Crippen MR) is 57.2 cm³/mol. The third kappa shape index (κ3) is 2.37. The van der Waals surface area contributed by atoms with Crippen molar-refractivity contribution < 1.29 is 0 Å². The summed E-state index contributed by atoms with van der Waals surface area (Å²) in [7, 11) is 0. The average molecular weight is 199 g/mol. The Morgan fingerprint density at radius 2 is 2.08 bits per heavy atom. The summed E-state index contributed by atoms with van der Waals surface area (Å²) in [5, 5.41) is 3.25. The van der Waals surface area contributed by atoms with E-state index in [-0.39, 0.29) is 0 Å². The molecule has 0 unspecified atom stereocenters. The first-order chi connectivity index (χ1) is 5.74. The summed E-state index contributed by atoms with van der Waals surface area (Å²) in [6, 6.07) is 7.52. The number of thiocarbonyl (C=S) groups is 1. The van der Waals surface area contributed by atoms with E-state index in [1.165, 1.54) is 0 Å². The molecule has 0 aromatic heterocycles. The molecule has 0 radical (unpaired) electrons. The van der Waals surface area contributed by atoms with Crippen LogP contribution in [0.5, 0.6) is 0 Å². The van der Waals surface area contributed by atoms with Gasteiger partial charge in [0.05, 0.1) is 5.69 Å². The maximum atomic E-state index is 5.09. The molecule has 12 heavy (non-hydrogen) atoms. The Morgan fingerprint density at radius 1 is 1.42 bits per heavy atom. The fourth-order valence-electron chi connectivity index (χ4n) is 0.738. The van der Waals surface area contributed by atoms with E-state index >= 15 is 0 Å². The second-order valence-corrected chi connectivity index (χ2v) is 3.01. The first-order valence-electron chi connectivity index (χ1n) is 3.29. The molecule has 64 valence electrons. The van der Waals surface area contributed by atoms with Crippen molar-refractivity contribution in [3.63, 3.8) is 0 Å². The summed E-state index contributed by atoms with van der Waals surface area (Å²) in [6.07, 6.45) is 0. The molecule has 0 heterocycles. The van der Waals surface area contributed by atoms with Crippen molar-refractivity contribution in [2.24, 2.45) is 5.84 Å². The van der Waals surface area contributed by atoms with E-state index in [4.69, 9.17) is 18.1 Å². The van der Waals surface area contributed by atoms with Crippen molar-refractivity contribution in [1.82, 2.24) is 5.43 Å². The Balaban J connectivity index is 2.75.